The van der Waals surface area contributed by atoms with Crippen molar-refractivity contribution in [2.24, 2.45) is 0 Å². The molecule has 5 heteroatoms. The standard InChI is InChI=1S/C16H15NO4/c1-20-15(18)13-9-5-6-10-14(13)17-16(19)21-11-12-7-3-2-4-8-12/h2-10H,11H2,1H3,(H,17,19). The highest BCUT2D eigenvalue weighted by Crippen LogP contribution is 2.16. The van der Waals surface area contributed by atoms with Crippen molar-refractivity contribution in [3.05, 3.63) is 65.7 Å². The Balaban J connectivity index is 1.98. The number of anilines is 1. The first-order valence-electron chi connectivity index (χ1n) is 6.36. The molecule has 0 unspecified atom stereocenters. The summed E-state index contributed by atoms with van der Waals surface area (Å²) in [5, 5.41) is 2.53. The molecule has 0 saturated heterocycles. The summed E-state index contributed by atoms with van der Waals surface area (Å²) in [6.07, 6.45) is -0.629. The average Bonchev–Trinajstić information content (AvgIpc) is 2.54. The molecule has 0 aliphatic rings. The molecule has 0 aliphatic carbocycles. The van der Waals surface area contributed by atoms with Gasteiger partial charge in [-0.05, 0) is 17.7 Å². The summed E-state index contributed by atoms with van der Waals surface area (Å²) in [4.78, 5) is 23.3. The summed E-state index contributed by atoms with van der Waals surface area (Å²) in [6, 6.07) is 15.9. The second-order valence-electron chi connectivity index (χ2n) is 4.22. The summed E-state index contributed by atoms with van der Waals surface area (Å²) >= 11 is 0. The van der Waals surface area contributed by atoms with Gasteiger partial charge in [0.15, 0.2) is 0 Å². The zero-order chi connectivity index (χ0) is 15.1. The molecule has 0 saturated carbocycles. The maximum Gasteiger partial charge on any atom is 0.411 e. The predicted molar refractivity (Wildman–Crippen MR) is 78.0 cm³/mol. The Morgan fingerprint density at radius 2 is 1.67 bits per heavy atom. The van der Waals surface area contributed by atoms with Crippen molar-refractivity contribution in [2.75, 3.05) is 12.4 Å². The molecule has 0 aliphatic heterocycles. The van der Waals surface area contributed by atoms with E-state index in [1.54, 1.807) is 24.3 Å². The first-order chi connectivity index (χ1) is 10.2. The van der Waals surface area contributed by atoms with Crippen LogP contribution in [-0.2, 0) is 16.1 Å². The number of hydrogen-bond donors (Lipinski definition) is 1. The number of benzene rings is 2. The molecular formula is C16H15NO4. The van der Waals surface area contributed by atoms with Gasteiger partial charge in [0.05, 0.1) is 18.4 Å². The highest BCUT2D eigenvalue weighted by Gasteiger charge is 2.13. The topological polar surface area (TPSA) is 64.6 Å². The van der Waals surface area contributed by atoms with Gasteiger partial charge >= 0.3 is 12.1 Å². The third-order valence-electron chi connectivity index (χ3n) is 2.78. The summed E-state index contributed by atoms with van der Waals surface area (Å²) in [6.45, 7) is 0.160. The van der Waals surface area contributed by atoms with E-state index in [-0.39, 0.29) is 12.2 Å². The molecule has 0 fully saturated rings. The molecule has 5 nitrogen and oxygen atoms in total. The minimum atomic E-state index is -0.629. The predicted octanol–water partition coefficient (Wildman–Crippen LogP) is 3.22. The molecule has 1 amide bonds. The first kappa shape index (κ1) is 14.6. The summed E-state index contributed by atoms with van der Waals surface area (Å²) in [5.41, 5.74) is 1.51. The molecule has 2 aromatic rings. The van der Waals surface area contributed by atoms with E-state index < -0.39 is 12.1 Å². The van der Waals surface area contributed by atoms with Crippen LogP contribution < -0.4 is 5.32 Å². The van der Waals surface area contributed by atoms with Crippen molar-refractivity contribution in [3.8, 4) is 0 Å². The van der Waals surface area contributed by atoms with E-state index in [0.29, 0.717) is 5.69 Å². The van der Waals surface area contributed by atoms with Gasteiger partial charge in [-0.1, -0.05) is 42.5 Å². The fraction of sp³-hybridized carbons (Fsp3) is 0.125. The van der Waals surface area contributed by atoms with Crippen LogP contribution in [0.4, 0.5) is 10.5 Å². The number of carbonyl (C=O) groups excluding carboxylic acids is 2. The van der Waals surface area contributed by atoms with Crippen LogP contribution in [0, 0.1) is 0 Å². The molecule has 0 spiro atoms. The lowest BCUT2D eigenvalue weighted by Crippen LogP contribution is -2.16. The van der Waals surface area contributed by atoms with Crippen LogP contribution >= 0.6 is 0 Å². The molecule has 0 atom stereocenters. The molecule has 0 heterocycles. The summed E-state index contributed by atoms with van der Waals surface area (Å²) in [7, 11) is 1.28. The van der Waals surface area contributed by atoms with Crippen LogP contribution in [0.5, 0.6) is 0 Å². The molecule has 21 heavy (non-hydrogen) atoms. The Labute approximate surface area is 122 Å². The van der Waals surface area contributed by atoms with Crippen LogP contribution in [-0.4, -0.2) is 19.2 Å². The monoisotopic (exact) mass is 285 g/mol. The number of esters is 1. The third kappa shape index (κ3) is 4.07. The van der Waals surface area contributed by atoms with E-state index in [9.17, 15) is 9.59 Å². The van der Waals surface area contributed by atoms with Crippen LogP contribution in [0.3, 0.4) is 0 Å². The van der Waals surface area contributed by atoms with Crippen molar-refractivity contribution in [1.29, 1.82) is 0 Å². The van der Waals surface area contributed by atoms with E-state index in [1.165, 1.54) is 7.11 Å². The Bertz CT molecular complexity index is 625. The fourth-order valence-electron chi connectivity index (χ4n) is 1.75. The molecule has 0 radical (unpaired) electrons. The minimum absolute atomic E-state index is 0.160. The van der Waals surface area contributed by atoms with Gasteiger partial charge in [-0.25, -0.2) is 9.59 Å². The number of hydrogen-bond acceptors (Lipinski definition) is 4. The minimum Gasteiger partial charge on any atom is -0.465 e. The van der Waals surface area contributed by atoms with E-state index in [0.717, 1.165) is 5.56 Å². The van der Waals surface area contributed by atoms with Crippen LogP contribution in [0.2, 0.25) is 0 Å². The van der Waals surface area contributed by atoms with Gasteiger partial charge in [0.25, 0.3) is 0 Å². The SMILES string of the molecule is COC(=O)c1ccccc1NC(=O)OCc1ccccc1. The lowest BCUT2D eigenvalue weighted by Gasteiger charge is -2.10. The van der Waals surface area contributed by atoms with Gasteiger partial charge in [-0.15, -0.1) is 0 Å². The average molecular weight is 285 g/mol. The molecular weight excluding hydrogens is 270 g/mol. The molecule has 0 aromatic heterocycles. The van der Waals surface area contributed by atoms with Crippen molar-refractivity contribution < 1.29 is 19.1 Å². The number of nitrogens with one attached hydrogen (secondary N) is 1. The second-order valence-corrected chi connectivity index (χ2v) is 4.22. The van der Waals surface area contributed by atoms with Gasteiger partial charge in [0, 0.05) is 0 Å². The smallest absolute Gasteiger partial charge is 0.411 e. The molecule has 1 N–H and O–H groups in total. The fourth-order valence-corrected chi connectivity index (χ4v) is 1.75. The van der Waals surface area contributed by atoms with Crippen LogP contribution in [0.1, 0.15) is 15.9 Å². The number of ether oxygens (including phenoxy) is 2. The maximum atomic E-state index is 11.8. The normalized spacial score (nSPS) is 9.76. The zero-order valence-corrected chi connectivity index (χ0v) is 11.5. The zero-order valence-electron chi connectivity index (χ0n) is 11.5. The molecule has 108 valence electrons. The Morgan fingerprint density at radius 3 is 2.38 bits per heavy atom. The summed E-state index contributed by atoms with van der Waals surface area (Å²) in [5.74, 6) is -0.519. The lowest BCUT2D eigenvalue weighted by molar-refractivity contribution is 0.0602. The Morgan fingerprint density at radius 1 is 1.00 bits per heavy atom. The lowest BCUT2D eigenvalue weighted by atomic mass is 10.2. The maximum absolute atomic E-state index is 11.8. The second kappa shape index (κ2) is 7.09. The largest absolute Gasteiger partial charge is 0.465 e. The first-order valence-corrected chi connectivity index (χ1v) is 6.36. The van der Waals surface area contributed by atoms with E-state index in [4.69, 9.17) is 4.74 Å². The number of amides is 1. The summed E-state index contributed by atoms with van der Waals surface area (Å²) < 4.78 is 9.75. The number of carbonyl (C=O) groups is 2. The van der Waals surface area contributed by atoms with E-state index in [2.05, 4.69) is 10.1 Å². The molecule has 2 rings (SSSR count). The highest BCUT2D eigenvalue weighted by atomic mass is 16.5. The van der Waals surface area contributed by atoms with Crippen molar-refractivity contribution in [2.45, 2.75) is 6.61 Å². The van der Waals surface area contributed by atoms with Crippen molar-refractivity contribution in [1.82, 2.24) is 0 Å². The quantitative estimate of drug-likeness (QED) is 0.876. The van der Waals surface area contributed by atoms with Gasteiger partial charge in [0.2, 0.25) is 0 Å². The number of rotatable bonds is 4. The number of methoxy groups -OCH3 is 1. The molecule has 0 bridgehead atoms. The Kier molecular flexibility index (Phi) is 4.93. The van der Waals surface area contributed by atoms with Gasteiger partial charge in [0.1, 0.15) is 6.61 Å². The van der Waals surface area contributed by atoms with Gasteiger partial charge < -0.3 is 9.47 Å². The number of para-hydroxylation sites is 1. The van der Waals surface area contributed by atoms with Crippen LogP contribution in [0.25, 0.3) is 0 Å². The highest BCUT2D eigenvalue weighted by molar-refractivity contribution is 5.99. The van der Waals surface area contributed by atoms with Gasteiger partial charge in [-0.2, -0.15) is 0 Å². The van der Waals surface area contributed by atoms with E-state index >= 15 is 0 Å². The van der Waals surface area contributed by atoms with Crippen molar-refractivity contribution >= 4 is 17.7 Å². The third-order valence-corrected chi connectivity index (χ3v) is 2.78. The van der Waals surface area contributed by atoms with E-state index in [1.807, 2.05) is 30.3 Å². The van der Waals surface area contributed by atoms with Crippen LogP contribution in [0.15, 0.2) is 54.6 Å². The van der Waals surface area contributed by atoms with Gasteiger partial charge in [-0.3, -0.25) is 5.32 Å². The van der Waals surface area contributed by atoms with Crippen molar-refractivity contribution in [3.63, 3.8) is 0 Å². The molecule has 2 aromatic carbocycles. The Hall–Kier alpha value is -2.82.